The van der Waals surface area contributed by atoms with Crippen LogP contribution in [0.2, 0.25) is 0 Å². The number of hydrogen-bond donors (Lipinski definition) is 0. The molecular weight excluding hydrogens is 164 g/mol. The highest BCUT2D eigenvalue weighted by Gasteiger charge is 2.03. The lowest BCUT2D eigenvalue weighted by molar-refractivity contribution is 1.31. The third-order valence-electron chi connectivity index (χ3n) is 1.82. The van der Waals surface area contributed by atoms with Gasteiger partial charge >= 0.3 is 0 Å². The van der Waals surface area contributed by atoms with E-state index in [1.807, 2.05) is 11.8 Å². The number of allylic oxidation sites excluding steroid dienone is 7. The monoisotopic (exact) mass is 178 g/mol. The minimum atomic E-state index is 1.04. The van der Waals surface area contributed by atoms with Gasteiger partial charge in [-0.05, 0) is 30.1 Å². The Kier molecular flexibility index (Phi) is 3.42. The molecule has 1 aliphatic rings. The third-order valence-corrected chi connectivity index (χ3v) is 2.70. The Morgan fingerprint density at radius 2 is 2.25 bits per heavy atom. The summed E-state index contributed by atoms with van der Waals surface area (Å²) < 4.78 is 0. The fraction of sp³-hybridized carbons (Fsp3) is 0.273. The smallest absolute Gasteiger partial charge is 0.00282 e. The molecule has 0 nitrogen and oxygen atoms in total. The summed E-state index contributed by atoms with van der Waals surface area (Å²) in [6.07, 6.45) is 11.6. The van der Waals surface area contributed by atoms with Crippen molar-refractivity contribution in [1.29, 1.82) is 0 Å². The van der Waals surface area contributed by atoms with Crippen molar-refractivity contribution in [2.45, 2.75) is 13.3 Å². The van der Waals surface area contributed by atoms with Gasteiger partial charge in [-0.25, -0.2) is 0 Å². The van der Waals surface area contributed by atoms with Gasteiger partial charge in [0.2, 0.25) is 0 Å². The average Bonchev–Trinajstić information content (AvgIpc) is 2.27. The summed E-state index contributed by atoms with van der Waals surface area (Å²) in [5.74, 6) is 0. The SMILES string of the molecule is C=C(C)C1=C(SC)CC=CC=C1. The van der Waals surface area contributed by atoms with Gasteiger partial charge in [0.15, 0.2) is 0 Å². The van der Waals surface area contributed by atoms with Crippen molar-refractivity contribution < 1.29 is 0 Å². The molecule has 0 fully saturated rings. The van der Waals surface area contributed by atoms with Gasteiger partial charge in [-0.2, -0.15) is 0 Å². The molecule has 12 heavy (non-hydrogen) atoms. The van der Waals surface area contributed by atoms with Crippen LogP contribution in [0.3, 0.4) is 0 Å². The maximum Gasteiger partial charge on any atom is -0.00282 e. The summed E-state index contributed by atoms with van der Waals surface area (Å²) in [6, 6.07) is 0. The average molecular weight is 178 g/mol. The van der Waals surface area contributed by atoms with Crippen LogP contribution in [0.1, 0.15) is 13.3 Å². The zero-order valence-corrected chi connectivity index (χ0v) is 8.45. The van der Waals surface area contributed by atoms with Crippen molar-refractivity contribution in [2.24, 2.45) is 0 Å². The zero-order valence-electron chi connectivity index (χ0n) is 7.63. The van der Waals surface area contributed by atoms with E-state index in [0.29, 0.717) is 0 Å². The van der Waals surface area contributed by atoms with Crippen molar-refractivity contribution in [3.63, 3.8) is 0 Å². The molecule has 0 spiro atoms. The van der Waals surface area contributed by atoms with Gasteiger partial charge in [-0.15, -0.1) is 11.8 Å². The molecule has 0 amide bonds. The molecule has 64 valence electrons. The fourth-order valence-electron chi connectivity index (χ4n) is 1.18. The predicted octanol–water partition coefficient (Wildman–Crippen LogP) is 3.70. The summed E-state index contributed by atoms with van der Waals surface area (Å²) in [6.45, 7) is 6.03. The molecule has 0 aromatic heterocycles. The van der Waals surface area contributed by atoms with Crippen LogP contribution < -0.4 is 0 Å². The van der Waals surface area contributed by atoms with Crippen molar-refractivity contribution in [3.8, 4) is 0 Å². The molecule has 0 N–H and O–H groups in total. The first kappa shape index (κ1) is 9.40. The third kappa shape index (κ3) is 2.15. The minimum absolute atomic E-state index is 1.04. The fourth-order valence-corrected chi connectivity index (χ4v) is 1.91. The second-order valence-electron chi connectivity index (χ2n) is 2.81. The van der Waals surface area contributed by atoms with Crippen LogP contribution in [0.4, 0.5) is 0 Å². The Hall–Kier alpha value is -0.690. The van der Waals surface area contributed by atoms with Crippen LogP contribution in [0, 0.1) is 0 Å². The quantitative estimate of drug-likeness (QED) is 0.621. The molecular formula is C11H14S. The van der Waals surface area contributed by atoms with E-state index in [-0.39, 0.29) is 0 Å². The second-order valence-corrected chi connectivity index (χ2v) is 3.71. The summed E-state index contributed by atoms with van der Waals surface area (Å²) in [5.41, 5.74) is 2.45. The molecule has 0 aromatic rings. The first-order valence-corrected chi connectivity index (χ1v) is 5.24. The molecule has 0 saturated carbocycles. The Morgan fingerprint density at radius 3 is 2.83 bits per heavy atom. The molecule has 0 saturated heterocycles. The van der Waals surface area contributed by atoms with Gasteiger partial charge in [0.25, 0.3) is 0 Å². The Labute approximate surface area is 78.7 Å². The molecule has 0 unspecified atom stereocenters. The van der Waals surface area contributed by atoms with Crippen molar-refractivity contribution in [1.82, 2.24) is 0 Å². The van der Waals surface area contributed by atoms with Crippen LogP contribution in [-0.2, 0) is 0 Å². The van der Waals surface area contributed by atoms with E-state index in [9.17, 15) is 0 Å². The number of rotatable bonds is 2. The van der Waals surface area contributed by atoms with Gasteiger partial charge in [-0.1, -0.05) is 36.5 Å². The highest BCUT2D eigenvalue weighted by atomic mass is 32.2. The highest BCUT2D eigenvalue weighted by Crippen LogP contribution is 2.27. The highest BCUT2D eigenvalue weighted by molar-refractivity contribution is 8.02. The van der Waals surface area contributed by atoms with E-state index in [2.05, 4.69) is 44.1 Å². The van der Waals surface area contributed by atoms with E-state index < -0.39 is 0 Å². The van der Waals surface area contributed by atoms with Crippen LogP contribution in [-0.4, -0.2) is 6.26 Å². The van der Waals surface area contributed by atoms with E-state index in [1.54, 1.807) is 0 Å². The van der Waals surface area contributed by atoms with Crippen molar-refractivity contribution in [3.05, 3.63) is 46.9 Å². The summed E-state index contributed by atoms with van der Waals surface area (Å²) >= 11 is 1.81. The van der Waals surface area contributed by atoms with Crippen LogP contribution in [0.25, 0.3) is 0 Å². The Balaban J connectivity index is 3.01. The van der Waals surface area contributed by atoms with Gasteiger partial charge in [0.1, 0.15) is 0 Å². The normalized spacial score (nSPS) is 16.5. The number of hydrogen-bond acceptors (Lipinski definition) is 1. The first-order chi connectivity index (χ1) is 5.75. The maximum absolute atomic E-state index is 3.97. The van der Waals surface area contributed by atoms with Gasteiger partial charge < -0.3 is 0 Å². The first-order valence-electron chi connectivity index (χ1n) is 4.02. The molecule has 1 rings (SSSR count). The summed E-state index contributed by atoms with van der Waals surface area (Å²) in [7, 11) is 0. The molecule has 1 heteroatoms. The predicted molar refractivity (Wildman–Crippen MR) is 58.3 cm³/mol. The standard InChI is InChI=1S/C11H14S/c1-9(2)10-7-5-4-6-8-11(10)12-3/h4-7H,1,8H2,2-3H3. The largest absolute Gasteiger partial charge is 0.133 e. The number of thioether (sulfide) groups is 1. The van der Waals surface area contributed by atoms with E-state index >= 15 is 0 Å². The van der Waals surface area contributed by atoms with Crippen LogP contribution >= 0.6 is 11.8 Å². The molecule has 0 atom stereocenters. The van der Waals surface area contributed by atoms with Crippen molar-refractivity contribution in [2.75, 3.05) is 6.26 Å². The van der Waals surface area contributed by atoms with Crippen LogP contribution in [0.15, 0.2) is 46.9 Å². The maximum atomic E-state index is 3.97. The zero-order chi connectivity index (χ0) is 8.97. The van der Waals surface area contributed by atoms with E-state index in [1.165, 1.54) is 10.5 Å². The summed E-state index contributed by atoms with van der Waals surface area (Å²) in [4.78, 5) is 1.41. The Bertz CT molecular complexity index is 267. The lowest BCUT2D eigenvalue weighted by Gasteiger charge is -2.06. The molecule has 0 aliphatic heterocycles. The van der Waals surface area contributed by atoms with Gasteiger partial charge in [0, 0.05) is 0 Å². The molecule has 1 aliphatic carbocycles. The lowest BCUT2D eigenvalue weighted by atomic mass is 10.1. The van der Waals surface area contributed by atoms with Gasteiger partial charge in [-0.3, -0.25) is 0 Å². The molecule has 0 aromatic carbocycles. The van der Waals surface area contributed by atoms with E-state index in [4.69, 9.17) is 0 Å². The summed E-state index contributed by atoms with van der Waals surface area (Å²) in [5, 5.41) is 0. The Morgan fingerprint density at radius 1 is 1.50 bits per heavy atom. The minimum Gasteiger partial charge on any atom is -0.133 e. The van der Waals surface area contributed by atoms with E-state index in [0.717, 1.165) is 12.0 Å². The second kappa shape index (κ2) is 4.36. The van der Waals surface area contributed by atoms with Gasteiger partial charge in [0.05, 0.1) is 0 Å². The molecule has 0 bridgehead atoms. The van der Waals surface area contributed by atoms with Crippen LogP contribution in [0.5, 0.6) is 0 Å². The topological polar surface area (TPSA) is 0 Å². The molecule has 0 heterocycles. The van der Waals surface area contributed by atoms with Crippen molar-refractivity contribution >= 4 is 11.8 Å². The molecule has 0 radical (unpaired) electrons. The lowest BCUT2D eigenvalue weighted by Crippen LogP contribution is -1.84.